The van der Waals surface area contributed by atoms with Gasteiger partial charge in [-0.05, 0) is 67.7 Å². The third-order valence-corrected chi connectivity index (χ3v) is 6.06. The molecule has 0 bridgehead atoms. The van der Waals surface area contributed by atoms with Crippen LogP contribution >= 0.6 is 0 Å². The monoisotopic (exact) mass is 415 g/mol. The van der Waals surface area contributed by atoms with Crippen molar-refractivity contribution in [3.8, 4) is 0 Å². The van der Waals surface area contributed by atoms with Crippen LogP contribution in [0.4, 0.5) is 5.69 Å². The molecule has 1 atom stereocenters. The fourth-order valence-corrected chi connectivity index (χ4v) is 4.43. The van der Waals surface area contributed by atoms with Gasteiger partial charge in [-0.2, -0.15) is 0 Å². The molecule has 0 spiro atoms. The second-order valence-electron chi connectivity index (χ2n) is 8.31. The first-order valence-electron chi connectivity index (χ1n) is 10.9. The molecule has 1 aliphatic heterocycles. The van der Waals surface area contributed by atoms with Crippen molar-refractivity contribution in [1.82, 2.24) is 10.2 Å². The lowest BCUT2D eigenvalue weighted by Gasteiger charge is -2.29. The minimum Gasteiger partial charge on any atom is -0.346 e. The zero-order valence-corrected chi connectivity index (χ0v) is 18.2. The van der Waals surface area contributed by atoms with Gasteiger partial charge in [0.05, 0.1) is 6.04 Å². The number of amides is 2. The van der Waals surface area contributed by atoms with E-state index < -0.39 is 11.8 Å². The van der Waals surface area contributed by atoms with E-state index in [1.807, 2.05) is 44.2 Å². The summed E-state index contributed by atoms with van der Waals surface area (Å²) in [4.78, 5) is 27.5. The Labute approximate surface area is 183 Å². The third-order valence-electron chi connectivity index (χ3n) is 6.06. The van der Waals surface area contributed by atoms with Gasteiger partial charge in [-0.3, -0.25) is 14.5 Å². The Kier molecular flexibility index (Phi) is 6.33. The largest absolute Gasteiger partial charge is 0.346 e. The van der Waals surface area contributed by atoms with Crippen molar-refractivity contribution in [3.05, 3.63) is 77.4 Å². The van der Waals surface area contributed by atoms with E-state index in [0.717, 1.165) is 37.1 Å². The van der Waals surface area contributed by atoms with Gasteiger partial charge in [0.15, 0.2) is 0 Å². The van der Waals surface area contributed by atoms with Gasteiger partial charge in [-0.1, -0.05) is 60.2 Å². The van der Waals surface area contributed by atoms with Crippen LogP contribution in [-0.2, 0) is 9.59 Å². The quantitative estimate of drug-likeness (QED) is 0.609. The highest BCUT2D eigenvalue weighted by molar-refractivity contribution is 6.39. The minimum atomic E-state index is -0.634. The Bertz CT molecular complexity index is 1100. The molecule has 1 heterocycles. The average molecular weight is 416 g/mol. The van der Waals surface area contributed by atoms with E-state index in [0.29, 0.717) is 12.2 Å². The first-order valence-corrected chi connectivity index (χ1v) is 10.9. The van der Waals surface area contributed by atoms with Gasteiger partial charge in [0, 0.05) is 12.2 Å². The first kappa shape index (κ1) is 21.1. The van der Waals surface area contributed by atoms with Gasteiger partial charge in [-0.15, -0.1) is 0 Å². The number of hydrogen-bond acceptors (Lipinski definition) is 3. The van der Waals surface area contributed by atoms with E-state index in [2.05, 4.69) is 45.9 Å². The normalized spacial score (nSPS) is 15.0. The Hall–Kier alpha value is -3.18. The second-order valence-corrected chi connectivity index (χ2v) is 8.31. The molecular weight excluding hydrogens is 386 g/mol. The van der Waals surface area contributed by atoms with Crippen LogP contribution in [0.25, 0.3) is 10.8 Å². The number of likely N-dealkylation sites (tertiary alicyclic amines) is 1. The zero-order chi connectivity index (χ0) is 21.8. The van der Waals surface area contributed by atoms with Crippen LogP contribution in [0.5, 0.6) is 0 Å². The summed E-state index contributed by atoms with van der Waals surface area (Å²) in [6.07, 6.45) is 2.31. The van der Waals surface area contributed by atoms with Crippen LogP contribution in [0.15, 0.2) is 60.7 Å². The topological polar surface area (TPSA) is 61.4 Å². The van der Waals surface area contributed by atoms with Gasteiger partial charge in [0.1, 0.15) is 0 Å². The number of hydrogen-bond donors (Lipinski definition) is 2. The summed E-state index contributed by atoms with van der Waals surface area (Å²) in [5.41, 5.74) is 3.90. The summed E-state index contributed by atoms with van der Waals surface area (Å²) >= 11 is 0. The summed E-state index contributed by atoms with van der Waals surface area (Å²) in [6, 6.07) is 20.4. The predicted octanol–water partition coefficient (Wildman–Crippen LogP) is 4.35. The first-order chi connectivity index (χ1) is 15.0. The highest BCUT2D eigenvalue weighted by atomic mass is 16.2. The predicted molar refractivity (Wildman–Crippen MR) is 125 cm³/mol. The van der Waals surface area contributed by atoms with Crippen molar-refractivity contribution in [3.63, 3.8) is 0 Å². The Balaban J connectivity index is 1.50. The molecule has 0 unspecified atom stereocenters. The molecule has 0 radical (unpaired) electrons. The minimum absolute atomic E-state index is 0.0338. The summed E-state index contributed by atoms with van der Waals surface area (Å²) in [6.45, 7) is 6.31. The fourth-order valence-electron chi connectivity index (χ4n) is 4.43. The molecule has 1 aliphatic rings. The number of rotatable bonds is 5. The lowest BCUT2D eigenvalue weighted by Crippen LogP contribution is -2.41. The Morgan fingerprint density at radius 3 is 2.45 bits per heavy atom. The van der Waals surface area contributed by atoms with E-state index in [-0.39, 0.29) is 6.04 Å². The van der Waals surface area contributed by atoms with Crippen LogP contribution in [-0.4, -0.2) is 36.3 Å². The molecule has 4 rings (SSSR count). The second kappa shape index (κ2) is 9.31. The molecule has 1 fully saturated rings. The molecule has 31 heavy (non-hydrogen) atoms. The van der Waals surface area contributed by atoms with E-state index in [1.165, 1.54) is 16.3 Å². The van der Waals surface area contributed by atoms with Crippen LogP contribution in [0.1, 0.15) is 35.6 Å². The Morgan fingerprint density at radius 2 is 1.68 bits per heavy atom. The van der Waals surface area contributed by atoms with Crippen molar-refractivity contribution in [2.45, 2.75) is 32.7 Å². The molecule has 5 nitrogen and oxygen atoms in total. The molecular formula is C26H29N3O2. The summed E-state index contributed by atoms with van der Waals surface area (Å²) in [5, 5.41) is 7.99. The van der Waals surface area contributed by atoms with Gasteiger partial charge in [-0.25, -0.2) is 0 Å². The van der Waals surface area contributed by atoms with Gasteiger partial charge < -0.3 is 10.6 Å². The van der Waals surface area contributed by atoms with Crippen LogP contribution < -0.4 is 10.6 Å². The number of aryl methyl sites for hydroxylation is 2. The molecule has 5 heteroatoms. The number of benzene rings is 3. The zero-order valence-electron chi connectivity index (χ0n) is 18.2. The van der Waals surface area contributed by atoms with Gasteiger partial charge in [0.2, 0.25) is 0 Å². The van der Waals surface area contributed by atoms with Gasteiger partial charge in [0.25, 0.3) is 0 Å². The smallest absolute Gasteiger partial charge is 0.313 e. The molecule has 0 saturated carbocycles. The number of carbonyl (C=O) groups excluding carboxylic acids is 2. The molecule has 2 N–H and O–H groups in total. The molecule has 1 saturated heterocycles. The van der Waals surface area contributed by atoms with E-state index in [4.69, 9.17) is 0 Å². The summed E-state index contributed by atoms with van der Waals surface area (Å²) in [5.74, 6) is -1.24. The Morgan fingerprint density at radius 1 is 0.935 bits per heavy atom. The highest BCUT2D eigenvalue weighted by Gasteiger charge is 2.26. The molecule has 0 aromatic heterocycles. The van der Waals surface area contributed by atoms with Gasteiger partial charge >= 0.3 is 11.8 Å². The molecule has 3 aromatic carbocycles. The number of nitrogens with one attached hydrogen (secondary N) is 2. The van der Waals surface area contributed by atoms with Crippen molar-refractivity contribution >= 4 is 28.3 Å². The average Bonchev–Trinajstić information content (AvgIpc) is 3.30. The van der Waals surface area contributed by atoms with Crippen molar-refractivity contribution in [2.75, 3.05) is 25.0 Å². The van der Waals surface area contributed by atoms with Crippen molar-refractivity contribution in [1.29, 1.82) is 0 Å². The molecule has 160 valence electrons. The van der Waals surface area contributed by atoms with Crippen LogP contribution in [0, 0.1) is 13.8 Å². The van der Waals surface area contributed by atoms with Crippen molar-refractivity contribution in [2.24, 2.45) is 0 Å². The van der Waals surface area contributed by atoms with E-state index in [9.17, 15) is 9.59 Å². The lowest BCUT2D eigenvalue weighted by molar-refractivity contribution is -0.136. The van der Waals surface area contributed by atoms with E-state index in [1.54, 1.807) is 0 Å². The number of anilines is 1. The number of fused-ring (bicyclic) bond motifs is 1. The molecule has 3 aromatic rings. The maximum atomic E-state index is 12.6. The summed E-state index contributed by atoms with van der Waals surface area (Å²) < 4.78 is 0. The maximum Gasteiger partial charge on any atom is 0.313 e. The van der Waals surface area contributed by atoms with Crippen LogP contribution in [0.3, 0.4) is 0 Å². The standard InChI is InChI=1S/C26H29N3O2/c1-18-12-13-23(19(2)16-18)28-26(31)25(30)27-17-24(29-14-5-6-15-29)22-11-7-9-20-8-3-4-10-21(20)22/h3-4,7-13,16,24H,5-6,14-15,17H2,1-2H3,(H,27,30)(H,28,31)/t24-/m0/s1. The third kappa shape index (κ3) is 4.78. The molecule has 2 amide bonds. The summed E-state index contributed by atoms with van der Waals surface area (Å²) in [7, 11) is 0. The van der Waals surface area contributed by atoms with Crippen molar-refractivity contribution < 1.29 is 9.59 Å². The maximum absolute atomic E-state index is 12.6. The molecule has 0 aliphatic carbocycles. The number of nitrogens with zero attached hydrogens (tertiary/aromatic N) is 1. The highest BCUT2D eigenvalue weighted by Crippen LogP contribution is 2.30. The SMILES string of the molecule is Cc1ccc(NC(=O)C(=O)NC[C@@H](c2cccc3ccccc23)N2CCCC2)c(C)c1. The van der Waals surface area contributed by atoms with E-state index >= 15 is 0 Å². The lowest BCUT2D eigenvalue weighted by atomic mass is 9.97. The fraction of sp³-hybridized carbons (Fsp3) is 0.308. The van der Waals surface area contributed by atoms with Crippen LogP contribution in [0.2, 0.25) is 0 Å². The number of carbonyl (C=O) groups is 2.